The molecule has 29 heavy (non-hydrogen) atoms. The van der Waals surface area contributed by atoms with Gasteiger partial charge in [-0.2, -0.15) is 0 Å². The maximum absolute atomic E-state index is 12.2. The van der Waals surface area contributed by atoms with Gasteiger partial charge >= 0.3 is 11.9 Å². The van der Waals surface area contributed by atoms with Crippen LogP contribution < -0.4 is 0 Å². The van der Waals surface area contributed by atoms with E-state index in [9.17, 15) is 9.59 Å². The summed E-state index contributed by atoms with van der Waals surface area (Å²) >= 11 is 0. The molecule has 1 aliphatic heterocycles. The van der Waals surface area contributed by atoms with Crippen LogP contribution in [0.2, 0.25) is 0 Å². The van der Waals surface area contributed by atoms with Crippen molar-refractivity contribution in [3.05, 3.63) is 48.6 Å². The Balaban J connectivity index is 1.94. The summed E-state index contributed by atoms with van der Waals surface area (Å²) in [5.41, 5.74) is -0.745. The van der Waals surface area contributed by atoms with E-state index in [2.05, 4.69) is 0 Å². The SMILES string of the molecule is CO[C@H]1[C@H](C(C)(C)OC)[C@]2(CC[C@H]1OC(=O)/C=C/C=C/C=C/C=C/C(=O)O)CO2. The number of carboxylic acids is 1. The van der Waals surface area contributed by atoms with Crippen molar-refractivity contribution in [2.75, 3.05) is 20.8 Å². The molecule has 1 saturated carbocycles. The average Bonchev–Trinajstić information content (AvgIpc) is 3.44. The minimum absolute atomic E-state index is 0.0515. The number of carbonyl (C=O) groups excluding carboxylic acids is 1. The van der Waals surface area contributed by atoms with E-state index in [4.69, 9.17) is 24.1 Å². The van der Waals surface area contributed by atoms with Gasteiger partial charge in [-0.1, -0.05) is 36.5 Å². The second-order valence-electron chi connectivity index (χ2n) is 7.68. The van der Waals surface area contributed by atoms with Gasteiger partial charge in [-0.05, 0) is 26.7 Å². The van der Waals surface area contributed by atoms with E-state index in [-0.39, 0.29) is 23.7 Å². The van der Waals surface area contributed by atoms with E-state index >= 15 is 0 Å². The fourth-order valence-corrected chi connectivity index (χ4v) is 3.92. The van der Waals surface area contributed by atoms with Crippen molar-refractivity contribution in [3.63, 3.8) is 0 Å². The predicted molar refractivity (Wildman–Crippen MR) is 107 cm³/mol. The number of hydrogen-bond donors (Lipinski definition) is 1. The Bertz CT molecular complexity index is 696. The molecule has 1 saturated heterocycles. The van der Waals surface area contributed by atoms with Crippen LogP contribution in [-0.4, -0.2) is 61.3 Å². The van der Waals surface area contributed by atoms with Gasteiger partial charge in [-0.15, -0.1) is 0 Å². The molecule has 0 bridgehead atoms. The first-order valence-electron chi connectivity index (χ1n) is 9.59. The van der Waals surface area contributed by atoms with E-state index in [0.29, 0.717) is 13.0 Å². The Kier molecular flexibility index (Phi) is 7.96. The topological polar surface area (TPSA) is 94.6 Å². The highest BCUT2D eigenvalue weighted by atomic mass is 16.6. The first-order valence-corrected chi connectivity index (χ1v) is 9.59. The van der Waals surface area contributed by atoms with Gasteiger partial charge in [0.15, 0.2) is 0 Å². The van der Waals surface area contributed by atoms with Gasteiger partial charge in [0.05, 0.1) is 17.8 Å². The molecule has 160 valence electrons. The predicted octanol–water partition coefficient (Wildman–Crippen LogP) is 2.83. The zero-order valence-electron chi connectivity index (χ0n) is 17.4. The zero-order valence-corrected chi connectivity index (χ0v) is 17.4. The second-order valence-corrected chi connectivity index (χ2v) is 7.68. The van der Waals surface area contributed by atoms with E-state index in [1.165, 1.54) is 12.2 Å². The van der Waals surface area contributed by atoms with Gasteiger partial charge in [0.2, 0.25) is 0 Å². The largest absolute Gasteiger partial charge is 0.478 e. The minimum Gasteiger partial charge on any atom is -0.478 e. The number of ether oxygens (including phenoxy) is 4. The van der Waals surface area contributed by atoms with E-state index < -0.39 is 17.5 Å². The lowest BCUT2D eigenvalue weighted by Crippen LogP contribution is -2.58. The second kappa shape index (κ2) is 10.0. The van der Waals surface area contributed by atoms with Crippen LogP contribution in [0.5, 0.6) is 0 Å². The summed E-state index contributed by atoms with van der Waals surface area (Å²) in [6.07, 6.45) is 12.7. The summed E-state index contributed by atoms with van der Waals surface area (Å²) in [6.45, 7) is 4.67. The van der Waals surface area contributed by atoms with Gasteiger partial charge in [-0.25, -0.2) is 9.59 Å². The lowest BCUT2D eigenvalue weighted by molar-refractivity contribution is -0.186. The quantitative estimate of drug-likeness (QED) is 0.272. The van der Waals surface area contributed by atoms with Crippen molar-refractivity contribution >= 4 is 11.9 Å². The Labute approximate surface area is 171 Å². The van der Waals surface area contributed by atoms with Crippen LogP contribution >= 0.6 is 0 Å². The Morgan fingerprint density at radius 1 is 1.07 bits per heavy atom. The lowest BCUT2D eigenvalue weighted by atomic mass is 9.68. The van der Waals surface area contributed by atoms with Crippen LogP contribution in [0.3, 0.4) is 0 Å². The monoisotopic (exact) mass is 406 g/mol. The van der Waals surface area contributed by atoms with Crippen LogP contribution in [0.25, 0.3) is 0 Å². The smallest absolute Gasteiger partial charge is 0.331 e. The van der Waals surface area contributed by atoms with Crippen LogP contribution in [0.4, 0.5) is 0 Å². The molecule has 2 aliphatic rings. The third kappa shape index (κ3) is 6.13. The summed E-state index contributed by atoms with van der Waals surface area (Å²) in [7, 11) is 3.29. The molecule has 1 spiro atoms. The maximum Gasteiger partial charge on any atom is 0.331 e. The molecule has 0 aromatic rings. The Morgan fingerprint density at radius 2 is 1.66 bits per heavy atom. The number of hydrogen-bond acceptors (Lipinski definition) is 6. The van der Waals surface area contributed by atoms with Crippen LogP contribution in [0.15, 0.2) is 48.6 Å². The molecule has 1 aliphatic carbocycles. The molecule has 0 radical (unpaired) electrons. The molecule has 0 aromatic heterocycles. The zero-order chi connectivity index (χ0) is 21.5. The van der Waals surface area contributed by atoms with Crippen molar-refractivity contribution in [1.29, 1.82) is 0 Å². The minimum atomic E-state index is -1.01. The molecule has 2 fully saturated rings. The Morgan fingerprint density at radius 3 is 2.17 bits per heavy atom. The number of rotatable bonds is 9. The molecular formula is C22H30O7. The van der Waals surface area contributed by atoms with Gasteiger partial charge in [0.25, 0.3) is 0 Å². The van der Waals surface area contributed by atoms with E-state index in [1.54, 1.807) is 44.6 Å². The van der Waals surface area contributed by atoms with Crippen molar-refractivity contribution in [2.45, 2.75) is 50.1 Å². The fourth-order valence-electron chi connectivity index (χ4n) is 3.92. The molecule has 0 unspecified atom stereocenters. The van der Waals surface area contributed by atoms with E-state index in [0.717, 1.165) is 12.5 Å². The van der Waals surface area contributed by atoms with Crippen molar-refractivity contribution in [1.82, 2.24) is 0 Å². The summed E-state index contributed by atoms with van der Waals surface area (Å²) < 4.78 is 22.9. The lowest BCUT2D eigenvalue weighted by Gasteiger charge is -2.47. The Hall–Kier alpha value is -2.22. The molecular weight excluding hydrogens is 376 g/mol. The van der Waals surface area contributed by atoms with Crippen molar-refractivity contribution in [2.24, 2.45) is 5.92 Å². The number of aliphatic carboxylic acids is 1. The van der Waals surface area contributed by atoms with Crippen LogP contribution in [0.1, 0.15) is 26.7 Å². The van der Waals surface area contributed by atoms with Crippen molar-refractivity contribution in [3.8, 4) is 0 Å². The molecule has 4 atom stereocenters. The summed E-state index contributed by atoms with van der Waals surface area (Å²) in [5, 5.41) is 8.47. The number of carboxylic acid groups (broad SMARTS) is 1. The molecule has 1 N–H and O–H groups in total. The van der Waals surface area contributed by atoms with Gasteiger partial charge < -0.3 is 24.1 Å². The van der Waals surface area contributed by atoms with Crippen LogP contribution in [0, 0.1) is 5.92 Å². The highest BCUT2D eigenvalue weighted by molar-refractivity contribution is 5.82. The third-order valence-corrected chi connectivity index (χ3v) is 5.47. The molecule has 7 heteroatoms. The molecule has 1 heterocycles. The van der Waals surface area contributed by atoms with Gasteiger partial charge in [0, 0.05) is 32.3 Å². The average molecular weight is 406 g/mol. The van der Waals surface area contributed by atoms with Gasteiger partial charge in [-0.3, -0.25) is 0 Å². The number of carbonyl (C=O) groups is 2. The molecule has 7 nitrogen and oxygen atoms in total. The first kappa shape index (κ1) is 23.1. The van der Waals surface area contributed by atoms with Crippen molar-refractivity contribution < 1.29 is 33.6 Å². The summed E-state index contributed by atoms with van der Waals surface area (Å²) in [5.74, 6) is -1.50. The standard InChI is InChI=1S/C22H30O7/c1-21(2,27-4)20-19(26-3)16(13-14-22(20)15-28-22)29-18(25)12-10-8-6-5-7-9-11-17(23)24/h5-12,16,19-20H,13-15H2,1-4H3,(H,23,24)/b7-5+,8-6+,11-9+,12-10+/t16-,19-,20-,22+/m1/s1. The normalized spacial score (nSPS) is 30.1. The number of epoxide rings is 1. The van der Waals surface area contributed by atoms with Crippen LogP contribution in [-0.2, 0) is 28.5 Å². The highest BCUT2D eigenvalue weighted by Crippen LogP contribution is 2.52. The van der Waals surface area contributed by atoms with E-state index in [1.807, 2.05) is 13.8 Å². The highest BCUT2D eigenvalue weighted by Gasteiger charge is 2.64. The fraction of sp³-hybridized carbons (Fsp3) is 0.545. The number of methoxy groups -OCH3 is 2. The molecule has 0 amide bonds. The maximum atomic E-state index is 12.2. The number of esters is 1. The summed E-state index contributed by atoms with van der Waals surface area (Å²) in [6, 6.07) is 0. The summed E-state index contributed by atoms with van der Waals surface area (Å²) in [4.78, 5) is 22.6. The molecule has 2 rings (SSSR count). The van der Waals surface area contributed by atoms with Gasteiger partial charge in [0.1, 0.15) is 12.2 Å². The third-order valence-electron chi connectivity index (χ3n) is 5.47. The molecule has 0 aromatic carbocycles. The number of allylic oxidation sites excluding steroid dienone is 6. The first-order chi connectivity index (χ1) is 13.8.